The molecule has 18 heavy (non-hydrogen) atoms. The first kappa shape index (κ1) is 11.3. The lowest BCUT2D eigenvalue weighted by molar-refractivity contribution is 0.552. The van der Waals surface area contributed by atoms with E-state index in [9.17, 15) is 0 Å². The molecule has 0 fully saturated rings. The molecule has 0 unspecified atom stereocenters. The van der Waals surface area contributed by atoms with Gasteiger partial charge in [-0.05, 0) is 40.5 Å². The minimum absolute atomic E-state index is 0.700. The van der Waals surface area contributed by atoms with Crippen LogP contribution in [0.5, 0.6) is 0 Å². The lowest BCUT2D eigenvalue weighted by Gasteiger charge is -2.00. The van der Waals surface area contributed by atoms with Gasteiger partial charge in [0, 0.05) is 11.8 Å². The van der Waals surface area contributed by atoms with E-state index in [1.807, 2.05) is 30.5 Å². The van der Waals surface area contributed by atoms with E-state index in [0.29, 0.717) is 4.67 Å². The van der Waals surface area contributed by atoms with Crippen molar-refractivity contribution in [1.29, 1.82) is 0 Å². The molecule has 0 bridgehead atoms. The molecule has 0 atom stereocenters. The fourth-order valence-electron chi connectivity index (χ4n) is 1.89. The molecule has 1 N–H and O–H groups in total. The molecule has 0 aliphatic rings. The highest BCUT2D eigenvalue weighted by Crippen LogP contribution is 2.26. The molecule has 3 rings (SSSR count). The molecule has 0 aliphatic heterocycles. The van der Waals surface area contributed by atoms with E-state index < -0.39 is 0 Å². The van der Waals surface area contributed by atoms with Crippen LogP contribution in [0.2, 0.25) is 0 Å². The third-order valence-electron chi connectivity index (χ3n) is 2.81. The van der Waals surface area contributed by atoms with Gasteiger partial charge in [0.15, 0.2) is 16.3 Å². The predicted molar refractivity (Wildman–Crippen MR) is 74.2 cm³/mol. The number of furan rings is 1. The van der Waals surface area contributed by atoms with E-state index >= 15 is 0 Å². The van der Waals surface area contributed by atoms with E-state index in [0.717, 1.165) is 22.8 Å². The lowest BCUT2D eigenvalue weighted by atomic mass is 10.1. The highest BCUT2D eigenvalue weighted by Gasteiger charge is 2.10. The lowest BCUT2D eigenvalue weighted by Crippen LogP contribution is -1.82. The number of rotatable bonds is 2. The number of nitrogens with one attached hydrogen (secondary N) is 1. The first-order valence-corrected chi connectivity index (χ1v) is 6.40. The molecule has 0 aliphatic carbocycles. The van der Waals surface area contributed by atoms with Gasteiger partial charge in [-0.2, -0.15) is 0 Å². The second-order valence-electron chi connectivity index (χ2n) is 4.05. The van der Waals surface area contributed by atoms with Crippen molar-refractivity contribution in [3.63, 3.8) is 0 Å². The van der Waals surface area contributed by atoms with Gasteiger partial charge in [-0.25, -0.2) is 4.98 Å². The van der Waals surface area contributed by atoms with Crippen LogP contribution >= 0.6 is 15.9 Å². The molecule has 0 spiro atoms. The Labute approximate surface area is 113 Å². The fraction of sp³-hybridized carbons (Fsp3) is 0.0714. The van der Waals surface area contributed by atoms with Crippen LogP contribution in [0, 0.1) is 6.92 Å². The molecule has 0 radical (unpaired) electrons. The highest BCUT2D eigenvalue weighted by atomic mass is 79.9. The minimum atomic E-state index is 0.700. The van der Waals surface area contributed by atoms with Gasteiger partial charge in [-0.3, -0.25) is 0 Å². The largest absolute Gasteiger partial charge is 0.446 e. The summed E-state index contributed by atoms with van der Waals surface area (Å²) in [4.78, 5) is 7.69. The van der Waals surface area contributed by atoms with Crippen molar-refractivity contribution in [3.05, 3.63) is 52.8 Å². The van der Waals surface area contributed by atoms with E-state index in [2.05, 4.69) is 45.0 Å². The number of aryl methyl sites for hydroxylation is 1. The zero-order chi connectivity index (χ0) is 12.5. The van der Waals surface area contributed by atoms with Crippen molar-refractivity contribution in [2.24, 2.45) is 0 Å². The monoisotopic (exact) mass is 302 g/mol. The molecule has 2 aromatic heterocycles. The van der Waals surface area contributed by atoms with Crippen LogP contribution in [0.3, 0.4) is 0 Å². The SMILES string of the molecule is Cc1ccccc1-c1c[nH]c(-c2ccc(Br)o2)n1. The second kappa shape index (κ2) is 4.46. The Morgan fingerprint density at radius 1 is 1.17 bits per heavy atom. The van der Waals surface area contributed by atoms with Crippen LogP contribution in [-0.4, -0.2) is 9.97 Å². The maximum Gasteiger partial charge on any atom is 0.174 e. The summed E-state index contributed by atoms with van der Waals surface area (Å²) in [6.45, 7) is 2.08. The molecule has 90 valence electrons. The molecule has 0 saturated carbocycles. The number of nitrogens with zero attached hydrogens (tertiary/aromatic N) is 1. The molecule has 3 aromatic rings. The number of aromatic nitrogens is 2. The average Bonchev–Trinajstić information content (AvgIpc) is 2.98. The Balaban J connectivity index is 2.02. The van der Waals surface area contributed by atoms with E-state index in [4.69, 9.17) is 4.42 Å². The van der Waals surface area contributed by atoms with Crippen molar-refractivity contribution in [1.82, 2.24) is 9.97 Å². The summed E-state index contributed by atoms with van der Waals surface area (Å²) in [5.74, 6) is 1.46. The molecule has 3 nitrogen and oxygen atoms in total. The van der Waals surface area contributed by atoms with Gasteiger partial charge in [0.1, 0.15) is 0 Å². The number of aromatic amines is 1. The number of hydrogen-bond donors (Lipinski definition) is 1. The van der Waals surface area contributed by atoms with Crippen LogP contribution in [-0.2, 0) is 0 Å². The molecular formula is C14H11BrN2O. The number of halogens is 1. The molecule has 4 heteroatoms. The van der Waals surface area contributed by atoms with Crippen molar-refractivity contribution in [2.45, 2.75) is 6.92 Å². The van der Waals surface area contributed by atoms with Crippen LogP contribution in [0.15, 0.2) is 51.7 Å². The Morgan fingerprint density at radius 3 is 2.72 bits per heavy atom. The van der Waals surface area contributed by atoms with Gasteiger partial charge in [0.05, 0.1) is 5.69 Å². The Kier molecular flexibility index (Phi) is 2.80. The molecule has 0 amide bonds. The molecule has 0 saturated heterocycles. The van der Waals surface area contributed by atoms with Gasteiger partial charge in [-0.1, -0.05) is 24.3 Å². The summed E-state index contributed by atoms with van der Waals surface area (Å²) in [5.41, 5.74) is 3.26. The van der Waals surface area contributed by atoms with Crippen LogP contribution < -0.4 is 0 Å². The summed E-state index contributed by atoms with van der Waals surface area (Å²) in [7, 11) is 0. The van der Waals surface area contributed by atoms with Crippen molar-refractivity contribution >= 4 is 15.9 Å². The average molecular weight is 303 g/mol. The fourth-order valence-corrected chi connectivity index (χ4v) is 2.19. The van der Waals surface area contributed by atoms with Crippen LogP contribution in [0.25, 0.3) is 22.8 Å². The summed E-state index contributed by atoms with van der Waals surface area (Å²) in [6.07, 6.45) is 1.90. The normalized spacial score (nSPS) is 10.8. The standard InChI is InChI=1S/C14H11BrN2O/c1-9-4-2-3-5-10(9)11-8-16-14(17-11)12-6-7-13(15)18-12/h2-8H,1H3,(H,16,17). The van der Waals surface area contributed by atoms with Crippen LogP contribution in [0.4, 0.5) is 0 Å². The van der Waals surface area contributed by atoms with Crippen LogP contribution in [0.1, 0.15) is 5.56 Å². The zero-order valence-corrected chi connectivity index (χ0v) is 11.4. The minimum Gasteiger partial charge on any atom is -0.446 e. The number of imidazole rings is 1. The molecular weight excluding hydrogens is 292 g/mol. The first-order chi connectivity index (χ1) is 8.74. The maximum absolute atomic E-state index is 5.47. The van der Waals surface area contributed by atoms with Gasteiger partial charge in [0.25, 0.3) is 0 Å². The second-order valence-corrected chi connectivity index (χ2v) is 4.83. The summed E-state index contributed by atoms with van der Waals surface area (Å²) >= 11 is 3.28. The first-order valence-electron chi connectivity index (χ1n) is 5.61. The summed E-state index contributed by atoms with van der Waals surface area (Å²) in [6, 6.07) is 11.9. The van der Waals surface area contributed by atoms with E-state index in [-0.39, 0.29) is 0 Å². The van der Waals surface area contributed by atoms with Gasteiger partial charge in [0.2, 0.25) is 0 Å². The Bertz CT molecular complexity index is 684. The summed E-state index contributed by atoms with van der Waals surface area (Å²) < 4.78 is 6.17. The van der Waals surface area contributed by atoms with E-state index in [1.165, 1.54) is 5.56 Å². The Morgan fingerprint density at radius 2 is 2.00 bits per heavy atom. The van der Waals surface area contributed by atoms with Crippen molar-refractivity contribution in [3.8, 4) is 22.8 Å². The van der Waals surface area contributed by atoms with Gasteiger partial charge < -0.3 is 9.40 Å². The number of benzene rings is 1. The third-order valence-corrected chi connectivity index (χ3v) is 3.23. The maximum atomic E-state index is 5.47. The Hall–Kier alpha value is -1.81. The number of hydrogen-bond acceptors (Lipinski definition) is 2. The zero-order valence-electron chi connectivity index (χ0n) is 9.77. The van der Waals surface area contributed by atoms with E-state index in [1.54, 1.807) is 0 Å². The summed E-state index contributed by atoms with van der Waals surface area (Å²) in [5, 5.41) is 0. The van der Waals surface area contributed by atoms with Gasteiger partial charge in [-0.15, -0.1) is 0 Å². The molecule has 1 aromatic carbocycles. The topological polar surface area (TPSA) is 41.8 Å². The number of H-pyrrole nitrogens is 1. The third kappa shape index (κ3) is 1.99. The predicted octanol–water partition coefficient (Wildman–Crippen LogP) is 4.41. The van der Waals surface area contributed by atoms with Gasteiger partial charge >= 0.3 is 0 Å². The molecule has 2 heterocycles. The van der Waals surface area contributed by atoms with Crippen molar-refractivity contribution in [2.75, 3.05) is 0 Å². The highest BCUT2D eigenvalue weighted by molar-refractivity contribution is 9.10. The van der Waals surface area contributed by atoms with Crippen molar-refractivity contribution < 1.29 is 4.42 Å². The quantitative estimate of drug-likeness (QED) is 0.762. The smallest absolute Gasteiger partial charge is 0.174 e.